The molecule has 1 saturated heterocycles. The predicted octanol–water partition coefficient (Wildman–Crippen LogP) is 2.47. The summed E-state index contributed by atoms with van der Waals surface area (Å²) in [6.45, 7) is 2.46. The maximum Gasteiger partial charge on any atom is 0.226 e. The molecule has 19 heavy (non-hydrogen) atoms. The van der Waals surface area contributed by atoms with E-state index in [-0.39, 0.29) is 5.91 Å². The lowest BCUT2D eigenvalue weighted by Gasteiger charge is -2.32. The van der Waals surface area contributed by atoms with Gasteiger partial charge in [-0.15, -0.1) is 0 Å². The minimum atomic E-state index is 0.212. The summed E-state index contributed by atoms with van der Waals surface area (Å²) in [5.41, 5.74) is 6.63. The van der Waals surface area contributed by atoms with E-state index < -0.39 is 0 Å². The molecule has 1 atom stereocenters. The number of amides is 1. The maximum absolute atomic E-state index is 12.3. The van der Waals surface area contributed by atoms with Crippen molar-refractivity contribution in [1.29, 1.82) is 0 Å². The third-order valence-corrected chi connectivity index (χ3v) is 3.97. The van der Waals surface area contributed by atoms with Gasteiger partial charge in [0.15, 0.2) is 0 Å². The highest BCUT2D eigenvalue weighted by molar-refractivity contribution is 6.30. The Labute approximate surface area is 119 Å². The summed E-state index contributed by atoms with van der Waals surface area (Å²) >= 11 is 5.84. The van der Waals surface area contributed by atoms with Crippen LogP contribution in [0.2, 0.25) is 5.02 Å². The molecule has 0 aliphatic carbocycles. The lowest BCUT2D eigenvalue weighted by atomic mass is 9.94. The molecule has 1 aromatic rings. The van der Waals surface area contributed by atoms with Crippen LogP contribution in [0.15, 0.2) is 24.3 Å². The second-order valence-corrected chi connectivity index (χ2v) is 5.67. The average Bonchev–Trinajstić information content (AvgIpc) is 2.42. The molecule has 2 N–H and O–H groups in total. The monoisotopic (exact) mass is 280 g/mol. The standard InChI is InChI=1S/C15H21ClN2O/c16-14-5-3-12(4-6-14)10-15(19)18-9-1-2-13(11-18)7-8-17/h3-6,13H,1-2,7-11,17H2. The number of hydrogen-bond acceptors (Lipinski definition) is 2. The zero-order valence-corrected chi connectivity index (χ0v) is 11.9. The van der Waals surface area contributed by atoms with Gasteiger partial charge in [-0.2, -0.15) is 0 Å². The number of carbonyl (C=O) groups excluding carboxylic acids is 1. The minimum Gasteiger partial charge on any atom is -0.342 e. The lowest BCUT2D eigenvalue weighted by Crippen LogP contribution is -2.41. The topological polar surface area (TPSA) is 46.3 Å². The van der Waals surface area contributed by atoms with E-state index in [1.807, 2.05) is 29.2 Å². The highest BCUT2D eigenvalue weighted by Crippen LogP contribution is 2.20. The van der Waals surface area contributed by atoms with Gasteiger partial charge in [-0.3, -0.25) is 4.79 Å². The summed E-state index contributed by atoms with van der Waals surface area (Å²) in [5, 5.41) is 0.706. The Hall–Kier alpha value is -1.06. The first-order valence-corrected chi connectivity index (χ1v) is 7.29. The Balaban J connectivity index is 1.90. The molecule has 2 rings (SSSR count). The van der Waals surface area contributed by atoms with Crippen molar-refractivity contribution < 1.29 is 4.79 Å². The summed E-state index contributed by atoms with van der Waals surface area (Å²) in [6.07, 6.45) is 3.77. The van der Waals surface area contributed by atoms with Crippen LogP contribution in [0.25, 0.3) is 0 Å². The second-order valence-electron chi connectivity index (χ2n) is 5.23. The van der Waals surface area contributed by atoms with Crippen molar-refractivity contribution in [2.24, 2.45) is 11.7 Å². The third kappa shape index (κ3) is 4.22. The van der Waals surface area contributed by atoms with E-state index >= 15 is 0 Å². The minimum absolute atomic E-state index is 0.212. The zero-order chi connectivity index (χ0) is 13.7. The van der Waals surface area contributed by atoms with Crippen LogP contribution in [0.3, 0.4) is 0 Å². The van der Waals surface area contributed by atoms with Crippen LogP contribution in [0.1, 0.15) is 24.8 Å². The lowest BCUT2D eigenvalue weighted by molar-refractivity contribution is -0.132. The Morgan fingerprint density at radius 1 is 1.37 bits per heavy atom. The largest absolute Gasteiger partial charge is 0.342 e. The Morgan fingerprint density at radius 3 is 2.79 bits per heavy atom. The molecule has 1 heterocycles. The Kier molecular flexibility index (Phi) is 5.23. The van der Waals surface area contributed by atoms with Crippen molar-refractivity contribution >= 4 is 17.5 Å². The molecule has 1 amide bonds. The van der Waals surface area contributed by atoms with E-state index in [0.717, 1.165) is 31.5 Å². The smallest absolute Gasteiger partial charge is 0.226 e. The van der Waals surface area contributed by atoms with Crippen LogP contribution in [0.4, 0.5) is 0 Å². The summed E-state index contributed by atoms with van der Waals surface area (Å²) in [6, 6.07) is 7.50. The molecule has 1 fully saturated rings. The molecule has 0 bridgehead atoms. The molecule has 0 aromatic heterocycles. The van der Waals surface area contributed by atoms with E-state index in [1.165, 1.54) is 6.42 Å². The molecular formula is C15H21ClN2O. The highest BCUT2D eigenvalue weighted by atomic mass is 35.5. The molecule has 3 nitrogen and oxygen atoms in total. The number of rotatable bonds is 4. The highest BCUT2D eigenvalue weighted by Gasteiger charge is 2.22. The van der Waals surface area contributed by atoms with E-state index in [0.29, 0.717) is 23.9 Å². The molecule has 1 aliphatic rings. The number of nitrogens with zero attached hydrogens (tertiary/aromatic N) is 1. The van der Waals surface area contributed by atoms with Gasteiger partial charge in [-0.05, 0) is 49.4 Å². The van der Waals surface area contributed by atoms with Gasteiger partial charge in [0.1, 0.15) is 0 Å². The molecular weight excluding hydrogens is 260 g/mol. The maximum atomic E-state index is 12.3. The fourth-order valence-corrected chi connectivity index (χ4v) is 2.78. The second kappa shape index (κ2) is 6.92. The van der Waals surface area contributed by atoms with E-state index in [4.69, 9.17) is 17.3 Å². The van der Waals surface area contributed by atoms with Crippen molar-refractivity contribution in [3.05, 3.63) is 34.9 Å². The number of hydrogen-bond donors (Lipinski definition) is 1. The third-order valence-electron chi connectivity index (χ3n) is 3.72. The van der Waals surface area contributed by atoms with Crippen LogP contribution < -0.4 is 5.73 Å². The molecule has 0 spiro atoms. The van der Waals surface area contributed by atoms with Gasteiger partial charge in [0.05, 0.1) is 6.42 Å². The van der Waals surface area contributed by atoms with Gasteiger partial charge in [0, 0.05) is 18.1 Å². The molecule has 0 radical (unpaired) electrons. The van der Waals surface area contributed by atoms with Crippen LogP contribution in [0, 0.1) is 5.92 Å². The van der Waals surface area contributed by atoms with E-state index in [1.54, 1.807) is 0 Å². The first-order valence-electron chi connectivity index (χ1n) is 6.91. The quantitative estimate of drug-likeness (QED) is 0.921. The number of likely N-dealkylation sites (tertiary alicyclic amines) is 1. The van der Waals surface area contributed by atoms with Crippen molar-refractivity contribution in [3.8, 4) is 0 Å². The van der Waals surface area contributed by atoms with Crippen LogP contribution in [-0.4, -0.2) is 30.4 Å². The predicted molar refractivity (Wildman–Crippen MR) is 78.1 cm³/mol. The van der Waals surface area contributed by atoms with E-state index in [9.17, 15) is 4.79 Å². The molecule has 1 aromatic carbocycles. The normalized spacial score (nSPS) is 19.5. The Morgan fingerprint density at radius 2 is 2.11 bits per heavy atom. The van der Waals surface area contributed by atoms with Gasteiger partial charge in [-0.25, -0.2) is 0 Å². The first-order chi connectivity index (χ1) is 9.19. The number of benzene rings is 1. The van der Waals surface area contributed by atoms with Crippen molar-refractivity contribution in [2.45, 2.75) is 25.7 Å². The molecule has 1 unspecified atom stereocenters. The molecule has 104 valence electrons. The summed E-state index contributed by atoms with van der Waals surface area (Å²) in [5.74, 6) is 0.789. The Bertz CT molecular complexity index is 417. The van der Waals surface area contributed by atoms with Crippen LogP contribution in [0.5, 0.6) is 0 Å². The molecule has 4 heteroatoms. The summed E-state index contributed by atoms with van der Waals surface area (Å²) in [7, 11) is 0. The summed E-state index contributed by atoms with van der Waals surface area (Å²) < 4.78 is 0. The van der Waals surface area contributed by atoms with Gasteiger partial charge in [0.25, 0.3) is 0 Å². The van der Waals surface area contributed by atoms with Gasteiger partial charge >= 0.3 is 0 Å². The number of piperidine rings is 1. The number of halogens is 1. The van der Waals surface area contributed by atoms with Crippen molar-refractivity contribution in [3.63, 3.8) is 0 Å². The van der Waals surface area contributed by atoms with Gasteiger partial charge in [0.2, 0.25) is 5.91 Å². The van der Waals surface area contributed by atoms with Crippen LogP contribution >= 0.6 is 11.6 Å². The van der Waals surface area contributed by atoms with Gasteiger partial charge < -0.3 is 10.6 Å². The summed E-state index contributed by atoms with van der Waals surface area (Å²) in [4.78, 5) is 14.2. The number of nitrogens with two attached hydrogens (primary N) is 1. The molecule has 0 saturated carbocycles. The fourth-order valence-electron chi connectivity index (χ4n) is 2.65. The first kappa shape index (κ1) is 14.4. The zero-order valence-electron chi connectivity index (χ0n) is 11.1. The average molecular weight is 281 g/mol. The number of carbonyl (C=O) groups is 1. The molecule has 1 aliphatic heterocycles. The van der Waals surface area contributed by atoms with Gasteiger partial charge in [-0.1, -0.05) is 23.7 Å². The SMILES string of the molecule is NCCC1CCCN(C(=O)Cc2ccc(Cl)cc2)C1. The van der Waals surface area contributed by atoms with Crippen molar-refractivity contribution in [1.82, 2.24) is 4.90 Å². The van der Waals surface area contributed by atoms with Crippen LogP contribution in [-0.2, 0) is 11.2 Å². The van der Waals surface area contributed by atoms with E-state index in [2.05, 4.69) is 0 Å². The fraction of sp³-hybridized carbons (Fsp3) is 0.533. The van der Waals surface area contributed by atoms with Crippen molar-refractivity contribution in [2.75, 3.05) is 19.6 Å².